The summed E-state index contributed by atoms with van der Waals surface area (Å²) in [5.41, 5.74) is 0.290. The highest BCUT2D eigenvalue weighted by molar-refractivity contribution is 9.09. The van der Waals surface area contributed by atoms with Crippen LogP contribution in [0.15, 0.2) is 18.3 Å². The molecule has 13 heavy (non-hydrogen) atoms. The molecule has 0 N–H and O–H groups in total. The van der Waals surface area contributed by atoms with Gasteiger partial charge in [0.2, 0.25) is 0 Å². The zero-order chi connectivity index (χ0) is 9.84. The molecule has 0 amide bonds. The second-order valence-electron chi connectivity index (χ2n) is 2.22. The zero-order valence-corrected chi connectivity index (χ0v) is 8.02. The Bertz CT molecular complexity index is 353. The van der Waals surface area contributed by atoms with E-state index in [2.05, 4.69) is 20.9 Å². The molecule has 1 aromatic heterocycles. The van der Waals surface area contributed by atoms with Gasteiger partial charge in [0.15, 0.2) is 5.78 Å². The van der Waals surface area contributed by atoms with E-state index in [1.165, 1.54) is 12.3 Å². The predicted molar refractivity (Wildman–Crippen MR) is 49.0 cm³/mol. The summed E-state index contributed by atoms with van der Waals surface area (Å²) in [5, 5.41) is 10.4. The maximum Gasteiger partial charge on any atom is 0.364 e. The van der Waals surface area contributed by atoms with E-state index in [0.29, 0.717) is 5.56 Å². The minimum atomic E-state index is -0.634. The van der Waals surface area contributed by atoms with Crippen molar-refractivity contribution in [3.05, 3.63) is 34.0 Å². The van der Waals surface area contributed by atoms with E-state index in [-0.39, 0.29) is 16.9 Å². The van der Waals surface area contributed by atoms with Gasteiger partial charge in [-0.15, -0.1) is 0 Å². The molecule has 68 valence electrons. The summed E-state index contributed by atoms with van der Waals surface area (Å²) in [4.78, 5) is 24.2. The molecular weight excluding hydrogens is 240 g/mol. The van der Waals surface area contributed by atoms with E-state index in [1.807, 2.05) is 0 Å². The van der Waals surface area contributed by atoms with Gasteiger partial charge in [-0.2, -0.15) is 0 Å². The van der Waals surface area contributed by atoms with Crippen molar-refractivity contribution in [2.75, 3.05) is 5.33 Å². The van der Waals surface area contributed by atoms with E-state index < -0.39 is 4.92 Å². The Kier molecular flexibility index (Phi) is 3.07. The molecule has 0 fully saturated rings. The maximum atomic E-state index is 11.1. The quantitative estimate of drug-likeness (QED) is 0.350. The lowest BCUT2D eigenvalue weighted by atomic mass is 10.2. The largest absolute Gasteiger partial charge is 0.364 e. The van der Waals surface area contributed by atoms with E-state index in [1.54, 1.807) is 0 Å². The number of ketones is 1. The maximum absolute atomic E-state index is 11.1. The van der Waals surface area contributed by atoms with Crippen LogP contribution in [0.1, 0.15) is 10.4 Å². The standard InChI is InChI=1S/C7H5BrN2O3/c8-4-6(11)5-1-2-9-7(3-5)10(12)13/h1-3H,4H2. The first kappa shape index (κ1) is 9.79. The first-order valence-electron chi connectivity index (χ1n) is 3.34. The second-order valence-corrected chi connectivity index (χ2v) is 2.78. The fraction of sp³-hybridized carbons (Fsp3) is 0.143. The molecule has 0 aliphatic rings. The highest BCUT2D eigenvalue weighted by Crippen LogP contribution is 2.10. The molecule has 0 saturated carbocycles. The molecule has 0 unspecified atom stereocenters. The normalized spacial score (nSPS) is 9.62. The summed E-state index contributed by atoms with van der Waals surface area (Å²) >= 11 is 2.97. The number of halogens is 1. The average Bonchev–Trinajstić information content (AvgIpc) is 2.17. The van der Waals surface area contributed by atoms with Gasteiger partial charge in [0.05, 0.1) is 5.33 Å². The number of hydrogen-bond donors (Lipinski definition) is 0. The lowest BCUT2D eigenvalue weighted by molar-refractivity contribution is -0.389. The zero-order valence-electron chi connectivity index (χ0n) is 6.44. The fourth-order valence-electron chi connectivity index (χ4n) is 0.769. The Balaban J connectivity index is 3.05. The van der Waals surface area contributed by atoms with Crippen molar-refractivity contribution in [2.45, 2.75) is 0 Å². The third-order valence-electron chi connectivity index (χ3n) is 1.38. The van der Waals surface area contributed by atoms with Gasteiger partial charge in [0, 0.05) is 11.6 Å². The number of aromatic nitrogens is 1. The van der Waals surface area contributed by atoms with Gasteiger partial charge in [-0.1, -0.05) is 15.9 Å². The molecule has 0 atom stereocenters. The van der Waals surface area contributed by atoms with Gasteiger partial charge < -0.3 is 10.1 Å². The Morgan fingerprint density at radius 2 is 2.38 bits per heavy atom. The van der Waals surface area contributed by atoms with Crippen molar-refractivity contribution in [3.63, 3.8) is 0 Å². The number of carbonyl (C=O) groups is 1. The molecule has 0 radical (unpaired) electrons. The van der Waals surface area contributed by atoms with Crippen molar-refractivity contribution in [1.82, 2.24) is 4.98 Å². The summed E-state index contributed by atoms with van der Waals surface area (Å²) < 4.78 is 0. The number of hydrogen-bond acceptors (Lipinski definition) is 4. The number of nitro groups is 1. The summed E-state index contributed by atoms with van der Waals surface area (Å²) in [6, 6.07) is 2.60. The van der Waals surface area contributed by atoms with Gasteiger partial charge >= 0.3 is 5.82 Å². The van der Waals surface area contributed by atoms with E-state index in [4.69, 9.17) is 0 Å². The van der Waals surface area contributed by atoms with Crippen LogP contribution >= 0.6 is 15.9 Å². The van der Waals surface area contributed by atoms with Crippen LogP contribution in [0.3, 0.4) is 0 Å². The Morgan fingerprint density at radius 1 is 1.69 bits per heavy atom. The molecule has 0 aliphatic carbocycles. The molecule has 6 heteroatoms. The number of alkyl halides is 1. The molecule has 0 saturated heterocycles. The highest BCUT2D eigenvalue weighted by atomic mass is 79.9. The Labute approximate surface area is 82.1 Å². The number of Topliss-reactive ketones (excluding diaryl/α,β-unsaturated/α-hetero) is 1. The lowest BCUT2D eigenvalue weighted by Crippen LogP contribution is -2.01. The summed E-state index contributed by atoms with van der Waals surface area (Å²) in [6.07, 6.45) is 1.24. The molecule has 0 bridgehead atoms. The van der Waals surface area contributed by atoms with Crippen molar-refractivity contribution >= 4 is 27.5 Å². The Hall–Kier alpha value is -1.30. The summed E-state index contributed by atoms with van der Waals surface area (Å²) in [7, 11) is 0. The van der Waals surface area contributed by atoms with Crippen LogP contribution in [0, 0.1) is 10.1 Å². The lowest BCUT2D eigenvalue weighted by Gasteiger charge is -1.95. The summed E-state index contributed by atoms with van der Waals surface area (Å²) in [6.45, 7) is 0. The van der Waals surface area contributed by atoms with Crippen LogP contribution in [0.4, 0.5) is 5.82 Å². The fourth-order valence-corrected chi connectivity index (χ4v) is 1.09. The van der Waals surface area contributed by atoms with Crippen LogP contribution in [0.2, 0.25) is 0 Å². The van der Waals surface area contributed by atoms with E-state index in [0.717, 1.165) is 6.07 Å². The second kappa shape index (κ2) is 4.08. The average molecular weight is 245 g/mol. The molecule has 1 heterocycles. The summed E-state index contributed by atoms with van der Waals surface area (Å²) in [5.74, 6) is -0.516. The van der Waals surface area contributed by atoms with E-state index in [9.17, 15) is 14.9 Å². The minimum Gasteiger partial charge on any atom is -0.358 e. The third kappa shape index (κ3) is 2.32. The first-order valence-corrected chi connectivity index (χ1v) is 4.47. The topological polar surface area (TPSA) is 73.1 Å². The number of pyridine rings is 1. The van der Waals surface area contributed by atoms with Crippen LogP contribution < -0.4 is 0 Å². The highest BCUT2D eigenvalue weighted by Gasteiger charge is 2.11. The molecular formula is C7H5BrN2O3. The van der Waals surface area contributed by atoms with Gasteiger partial charge in [-0.3, -0.25) is 4.79 Å². The van der Waals surface area contributed by atoms with Gasteiger partial charge in [0.1, 0.15) is 6.20 Å². The van der Waals surface area contributed by atoms with Crippen LogP contribution in [-0.2, 0) is 0 Å². The number of nitrogens with zero attached hydrogens (tertiary/aromatic N) is 2. The van der Waals surface area contributed by atoms with Crippen LogP contribution in [0.25, 0.3) is 0 Å². The molecule has 0 spiro atoms. The molecule has 0 aromatic carbocycles. The number of carbonyl (C=O) groups excluding carboxylic acids is 1. The van der Waals surface area contributed by atoms with Crippen molar-refractivity contribution in [3.8, 4) is 0 Å². The van der Waals surface area contributed by atoms with Gasteiger partial charge in [-0.05, 0) is 16.0 Å². The molecule has 1 rings (SSSR count). The SMILES string of the molecule is O=C(CBr)c1ccnc([N+](=O)[O-])c1. The third-order valence-corrected chi connectivity index (χ3v) is 1.89. The Morgan fingerprint density at radius 3 is 2.92 bits per heavy atom. The van der Waals surface area contributed by atoms with Crippen molar-refractivity contribution in [1.29, 1.82) is 0 Å². The van der Waals surface area contributed by atoms with Gasteiger partial charge in [-0.25, -0.2) is 0 Å². The van der Waals surface area contributed by atoms with E-state index >= 15 is 0 Å². The minimum absolute atomic E-state index is 0.147. The van der Waals surface area contributed by atoms with Crippen LogP contribution in [0.5, 0.6) is 0 Å². The monoisotopic (exact) mass is 244 g/mol. The smallest absolute Gasteiger partial charge is 0.358 e. The molecule has 0 aliphatic heterocycles. The first-order chi connectivity index (χ1) is 6.15. The van der Waals surface area contributed by atoms with Crippen LogP contribution in [-0.4, -0.2) is 21.0 Å². The predicted octanol–water partition coefficient (Wildman–Crippen LogP) is 1.57. The molecule has 1 aromatic rings. The van der Waals surface area contributed by atoms with Crippen molar-refractivity contribution < 1.29 is 9.72 Å². The van der Waals surface area contributed by atoms with Gasteiger partial charge in [0.25, 0.3) is 0 Å². The van der Waals surface area contributed by atoms with Crippen molar-refractivity contribution in [2.24, 2.45) is 0 Å². The number of rotatable bonds is 3. The molecule has 5 nitrogen and oxygen atoms in total.